The Morgan fingerprint density at radius 3 is 2.96 bits per heavy atom. The molecule has 0 fully saturated rings. The second-order valence-electron chi connectivity index (χ2n) is 6.44. The number of pyridine rings is 2. The Balaban J connectivity index is 2.00. The first kappa shape index (κ1) is 15.9. The molecule has 1 aliphatic carbocycles. The van der Waals surface area contributed by atoms with Crippen molar-refractivity contribution in [2.75, 3.05) is 18.0 Å². The lowest BCUT2D eigenvalue weighted by Crippen LogP contribution is -2.35. The first-order valence-electron chi connectivity index (χ1n) is 8.54. The van der Waals surface area contributed by atoms with Crippen LogP contribution in [0.25, 0.3) is 0 Å². The molecule has 2 aromatic heterocycles. The van der Waals surface area contributed by atoms with Crippen molar-refractivity contribution in [3.63, 3.8) is 0 Å². The summed E-state index contributed by atoms with van der Waals surface area (Å²) in [5.41, 5.74) is 10.8. The standard InChI is InChI=1S/C19H26N4/c1-14-12-15(2)19(22-13-14)23(11-5-9-20)17-8-3-6-16-7-4-10-21-18(16)17/h4,7,10,12-13,17H,3,5-6,8-9,11,20H2,1-2H3. The molecule has 4 nitrogen and oxygen atoms in total. The van der Waals surface area contributed by atoms with Crippen LogP contribution in [0.2, 0.25) is 0 Å². The average molecular weight is 310 g/mol. The molecule has 0 spiro atoms. The van der Waals surface area contributed by atoms with E-state index in [0.29, 0.717) is 12.6 Å². The van der Waals surface area contributed by atoms with Gasteiger partial charge in [-0.25, -0.2) is 4.98 Å². The summed E-state index contributed by atoms with van der Waals surface area (Å²) < 4.78 is 0. The van der Waals surface area contributed by atoms with E-state index in [1.165, 1.54) is 28.8 Å². The van der Waals surface area contributed by atoms with Gasteiger partial charge in [-0.1, -0.05) is 12.1 Å². The molecule has 0 amide bonds. The van der Waals surface area contributed by atoms with E-state index in [1.807, 2.05) is 18.5 Å². The summed E-state index contributed by atoms with van der Waals surface area (Å²) in [7, 11) is 0. The summed E-state index contributed by atoms with van der Waals surface area (Å²) in [5, 5.41) is 0. The number of aryl methyl sites for hydroxylation is 3. The van der Waals surface area contributed by atoms with Crippen LogP contribution >= 0.6 is 0 Å². The SMILES string of the molecule is Cc1cnc(N(CCCN)C2CCCc3cccnc32)c(C)c1. The zero-order valence-electron chi connectivity index (χ0n) is 14.1. The summed E-state index contributed by atoms with van der Waals surface area (Å²) in [6.45, 7) is 5.86. The van der Waals surface area contributed by atoms with Crippen LogP contribution in [0.5, 0.6) is 0 Å². The molecule has 23 heavy (non-hydrogen) atoms. The van der Waals surface area contributed by atoms with E-state index in [0.717, 1.165) is 31.6 Å². The van der Waals surface area contributed by atoms with Crippen molar-refractivity contribution < 1.29 is 0 Å². The fourth-order valence-corrected chi connectivity index (χ4v) is 3.57. The molecule has 2 heterocycles. The van der Waals surface area contributed by atoms with E-state index in [-0.39, 0.29) is 0 Å². The van der Waals surface area contributed by atoms with Crippen LogP contribution in [0.4, 0.5) is 5.82 Å². The van der Waals surface area contributed by atoms with Crippen molar-refractivity contribution >= 4 is 5.82 Å². The lowest BCUT2D eigenvalue weighted by molar-refractivity contribution is 0.498. The predicted molar refractivity (Wildman–Crippen MR) is 94.6 cm³/mol. The number of fused-ring (bicyclic) bond motifs is 1. The fraction of sp³-hybridized carbons (Fsp3) is 0.474. The highest BCUT2D eigenvalue weighted by Crippen LogP contribution is 2.36. The maximum Gasteiger partial charge on any atom is 0.132 e. The molecule has 0 saturated carbocycles. The second-order valence-corrected chi connectivity index (χ2v) is 6.44. The Kier molecular flexibility index (Phi) is 4.91. The smallest absolute Gasteiger partial charge is 0.132 e. The number of rotatable bonds is 5. The van der Waals surface area contributed by atoms with Crippen LogP contribution < -0.4 is 10.6 Å². The molecular formula is C19H26N4. The highest BCUT2D eigenvalue weighted by molar-refractivity contribution is 5.50. The van der Waals surface area contributed by atoms with Crippen molar-refractivity contribution in [3.05, 3.63) is 53.0 Å². The van der Waals surface area contributed by atoms with Gasteiger partial charge in [-0.15, -0.1) is 0 Å². The number of hydrogen-bond acceptors (Lipinski definition) is 4. The molecule has 4 heteroatoms. The summed E-state index contributed by atoms with van der Waals surface area (Å²) >= 11 is 0. The molecule has 1 unspecified atom stereocenters. The summed E-state index contributed by atoms with van der Waals surface area (Å²) in [5.74, 6) is 1.08. The van der Waals surface area contributed by atoms with Gasteiger partial charge in [0, 0.05) is 18.9 Å². The minimum absolute atomic E-state index is 0.306. The average Bonchev–Trinajstić information content (AvgIpc) is 2.56. The van der Waals surface area contributed by atoms with Gasteiger partial charge in [0.15, 0.2) is 0 Å². The van der Waals surface area contributed by atoms with Crippen LogP contribution in [0.15, 0.2) is 30.6 Å². The van der Waals surface area contributed by atoms with E-state index in [2.05, 4.69) is 30.9 Å². The van der Waals surface area contributed by atoms with Crippen molar-refractivity contribution in [2.45, 2.75) is 45.6 Å². The Bertz CT molecular complexity index is 668. The summed E-state index contributed by atoms with van der Waals surface area (Å²) in [6.07, 6.45) is 8.29. The maximum atomic E-state index is 5.78. The lowest BCUT2D eigenvalue weighted by atomic mass is 9.90. The molecule has 0 saturated heterocycles. The molecular weight excluding hydrogens is 284 g/mol. The molecule has 1 aliphatic rings. The highest BCUT2D eigenvalue weighted by Gasteiger charge is 2.28. The Labute approximate surface area is 138 Å². The summed E-state index contributed by atoms with van der Waals surface area (Å²) in [6, 6.07) is 6.77. The van der Waals surface area contributed by atoms with Crippen molar-refractivity contribution in [3.8, 4) is 0 Å². The topological polar surface area (TPSA) is 55.0 Å². The lowest BCUT2D eigenvalue weighted by Gasteiger charge is -2.36. The van der Waals surface area contributed by atoms with E-state index in [9.17, 15) is 0 Å². The largest absolute Gasteiger partial charge is 0.348 e. The van der Waals surface area contributed by atoms with E-state index < -0.39 is 0 Å². The van der Waals surface area contributed by atoms with Gasteiger partial charge in [0.25, 0.3) is 0 Å². The molecule has 0 aliphatic heterocycles. The number of nitrogens with two attached hydrogens (primary N) is 1. The molecule has 1 atom stereocenters. The minimum Gasteiger partial charge on any atom is -0.348 e. The van der Waals surface area contributed by atoms with Gasteiger partial charge >= 0.3 is 0 Å². The first-order valence-corrected chi connectivity index (χ1v) is 8.54. The quantitative estimate of drug-likeness (QED) is 0.920. The zero-order valence-corrected chi connectivity index (χ0v) is 14.1. The van der Waals surface area contributed by atoms with Gasteiger partial charge in [0.05, 0.1) is 11.7 Å². The van der Waals surface area contributed by atoms with Gasteiger partial charge in [-0.05, 0) is 68.8 Å². The van der Waals surface area contributed by atoms with Crippen LogP contribution in [-0.2, 0) is 6.42 Å². The number of anilines is 1. The number of nitrogens with zero attached hydrogens (tertiary/aromatic N) is 3. The monoisotopic (exact) mass is 310 g/mol. The minimum atomic E-state index is 0.306. The maximum absolute atomic E-state index is 5.78. The molecule has 122 valence electrons. The van der Waals surface area contributed by atoms with E-state index >= 15 is 0 Å². The Morgan fingerprint density at radius 1 is 1.30 bits per heavy atom. The van der Waals surface area contributed by atoms with E-state index in [4.69, 9.17) is 15.7 Å². The summed E-state index contributed by atoms with van der Waals surface area (Å²) in [4.78, 5) is 11.9. The normalized spacial score (nSPS) is 16.9. The van der Waals surface area contributed by atoms with Gasteiger partial charge in [-0.2, -0.15) is 0 Å². The molecule has 0 aromatic carbocycles. The molecule has 0 radical (unpaired) electrons. The van der Waals surface area contributed by atoms with Gasteiger partial charge in [-0.3, -0.25) is 4.98 Å². The van der Waals surface area contributed by atoms with Crippen molar-refractivity contribution in [2.24, 2.45) is 5.73 Å². The third kappa shape index (κ3) is 3.37. The van der Waals surface area contributed by atoms with Crippen LogP contribution in [0.3, 0.4) is 0 Å². The van der Waals surface area contributed by atoms with Crippen molar-refractivity contribution in [1.82, 2.24) is 9.97 Å². The second kappa shape index (κ2) is 7.09. The molecule has 2 aromatic rings. The molecule has 3 rings (SSSR count). The van der Waals surface area contributed by atoms with Gasteiger partial charge in [0.1, 0.15) is 5.82 Å². The van der Waals surface area contributed by atoms with Crippen LogP contribution in [0, 0.1) is 13.8 Å². The molecule has 2 N–H and O–H groups in total. The third-order valence-corrected chi connectivity index (χ3v) is 4.60. The Hall–Kier alpha value is -1.94. The Morgan fingerprint density at radius 2 is 2.17 bits per heavy atom. The predicted octanol–water partition coefficient (Wildman–Crippen LogP) is 3.33. The van der Waals surface area contributed by atoms with Crippen LogP contribution in [-0.4, -0.2) is 23.1 Å². The molecule has 0 bridgehead atoms. The van der Waals surface area contributed by atoms with Crippen molar-refractivity contribution in [1.29, 1.82) is 0 Å². The number of aromatic nitrogens is 2. The number of hydrogen-bond donors (Lipinski definition) is 1. The zero-order chi connectivity index (χ0) is 16.2. The first-order chi connectivity index (χ1) is 11.2. The third-order valence-electron chi connectivity index (χ3n) is 4.60. The van der Waals surface area contributed by atoms with Gasteiger partial charge < -0.3 is 10.6 Å². The van der Waals surface area contributed by atoms with Crippen LogP contribution in [0.1, 0.15) is 47.7 Å². The van der Waals surface area contributed by atoms with E-state index in [1.54, 1.807) is 0 Å². The van der Waals surface area contributed by atoms with Gasteiger partial charge in [0.2, 0.25) is 0 Å². The fourth-order valence-electron chi connectivity index (χ4n) is 3.57. The highest BCUT2D eigenvalue weighted by atomic mass is 15.2.